The summed E-state index contributed by atoms with van der Waals surface area (Å²) in [6, 6.07) is 4.95. The van der Waals surface area contributed by atoms with E-state index in [0.29, 0.717) is 12.3 Å². The number of benzene rings is 1. The van der Waals surface area contributed by atoms with Gasteiger partial charge in [-0.15, -0.1) is 0 Å². The number of carboxylic acid groups (broad SMARTS) is 1. The van der Waals surface area contributed by atoms with Crippen molar-refractivity contribution >= 4 is 40.8 Å². The molecule has 0 saturated carbocycles. The van der Waals surface area contributed by atoms with Crippen molar-refractivity contribution in [3.8, 4) is 0 Å². The van der Waals surface area contributed by atoms with Crippen molar-refractivity contribution < 1.29 is 23.1 Å². The van der Waals surface area contributed by atoms with Crippen LogP contribution in [-0.2, 0) is 11.0 Å². The predicted molar refractivity (Wildman–Crippen MR) is 80.2 cm³/mol. The topological polar surface area (TPSA) is 50.2 Å². The molecular formula is C14H7Cl3F3NO2. The summed E-state index contributed by atoms with van der Waals surface area (Å²) in [6.45, 7) is 0. The van der Waals surface area contributed by atoms with Gasteiger partial charge in [-0.1, -0.05) is 40.9 Å². The SMILES string of the molecule is O=C(O)C(c1ncc(C(F)(F)F)cc1Cl)c1c(Cl)cccc1Cl. The van der Waals surface area contributed by atoms with E-state index in [1.807, 2.05) is 0 Å². The Labute approximate surface area is 143 Å². The Morgan fingerprint density at radius 2 is 1.70 bits per heavy atom. The lowest BCUT2D eigenvalue weighted by molar-refractivity contribution is -0.138. The zero-order valence-corrected chi connectivity index (χ0v) is 13.3. The third-order valence-electron chi connectivity index (χ3n) is 3.01. The molecule has 0 saturated heterocycles. The molecule has 0 bridgehead atoms. The molecule has 0 amide bonds. The van der Waals surface area contributed by atoms with Gasteiger partial charge in [0.25, 0.3) is 0 Å². The first-order chi connectivity index (χ1) is 10.6. The summed E-state index contributed by atoms with van der Waals surface area (Å²) in [6.07, 6.45) is -4.13. The van der Waals surface area contributed by atoms with Crippen LogP contribution in [0.5, 0.6) is 0 Å². The molecule has 2 rings (SSSR count). The first-order valence-corrected chi connectivity index (χ1v) is 7.15. The van der Waals surface area contributed by atoms with E-state index < -0.39 is 28.6 Å². The summed E-state index contributed by atoms with van der Waals surface area (Å²) in [5.74, 6) is -2.89. The molecule has 0 spiro atoms. The quantitative estimate of drug-likeness (QED) is 0.783. The van der Waals surface area contributed by atoms with E-state index in [2.05, 4.69) is 4.98 Å². The average molecular weight is 385 g/mol. The fraction of sp³-hybridized carbons (Fsp3) is 0.143. The van der Waals surface area contributed by atoms with Gasteiger partial charge in [0.1, 0.15) is 5.92 Å². The largest absolute Gasteiger partial charge is 0.480 e. The number of carboxylic acids is 1. The number of rotatable bonds is 3. The third-order valence-corrected chi connectivity index (χ3v) is 3.97. The molecule has 2 aromatic rings. The van der Waals surface area contributed by atoms with E-state index in [0.717, 1.165) is 0 Å². The standard InChI is InChI=1S/C14H7Cl3F3NO2/c15-7-2-1-3-8(16)10(7)11(13(22)23)12-9(17)4-6(5-21-12)14(18,19)20/h1-5,11H,(H,22,23). The molecule has 1 aromatic carbocycles. The van der Waals surface area contributed by atoms with Gasteiger partial charge in [-0.25, -0.2) is 0 Å². The summed E-state index contributed by atoms with van der Waals surface area (Å²) in [7, 11) is 0. The highest BCUT2D eigenvalue weighted by atomic mass is 35.5. The number of aliphatic carboxylic acids is 1. The smallest absolute Gasteiger partial charge is 0.417 e. The molecule has 3 nitrogen and oxygen atoms in total. The lowest BCUT2D eigenvalue weighted by Crippen LogP contribution is -2.17. The predicted octanol–water partition coefficient (Wildman–Crippen LogP) is 5.28. The average Bonchev–Trinajstić information content (AvgIpc) is 2.42. The molecule has 1 aromatic heterocycles. The number of halogens is 6. The summed E-state index contributed by atoms with van der Waals surface area (Å²) >= 11 is 17.8. The fourth-order valence-electron chi connectivity index (χ4n) is 1.98. The third kappa shape index (κ3) is 3.71. The van der Waals surface area contributed by atoms with Crippen LogP contribution >= 0.6 is 34.8 Å². The molecule has 0 aliphatic rings. The Balaban J connectivity index is 2.62. The van der Waals surface area contributed by atoms with Gasteiger partial charge in [0.15, 0.2) is 0 Å². The summed E-state index contributed by atoms with van der Waals surface area (Å²) < 4.78 is 38.0. The van der Waals surface area contributed by atoms with Crippen LogP contribution in [0.3, 0.4) is 0 Å². The van der Waals surface area contributed by atoms with E-state index in [-0.39, 0.29) is 21.3 Å². The zero-order valence-electron chi connectivity index (χ0n) is 11.0. The fourth-order valence-corrected chi connectivity index (χ4v) is 2.87. The first-order valence-electron chi connectivity index (χ1n) is 6.02. The van der Waals surface area contributed by atoms with Gasteiger partial charge in [0.05, 0.1) is 16.3 Å². The van der Waals surface area contributed by atoms with Crippen molar-refractivity contribution in [2.45, 2.75) is 12.1 Å². The number of alkyl halides is 3. The van der Waals surface area contributed by atoms with Crippen molar-refractivity contribution in [1.82, 2.24) is 4.98 Å². The Morgan fingerprint density at radius 3 is 2.13 bits per heavy atom. The Hall–Kier alpha value is -1.50. The van der Waals surface area contributed by atoms with Gasteiger partial charge in [-0.3, -0.25) is 9.78 Å². The molecule has 1 N–H and O–H groups in total. The Morgan fingerprint density at radius 1 is 1.13 bits per heavy atom. The highest BCUT2D eigenvalue weighted by Crippen LogP contribution is 2.39. The highest BCUT2D eigenvalue weighted by molar-refractivity contribution is 6.36. The molecule has 23 heavy (non-hydrogen) atoms. The van der Waals surface area contributed by atoms with E-state index in [1.54, 1.807) is 0 Å². The van der Waals surface area contributed by atoms with Crippen LogP contribution in [-0.4, -0.2) is 16.1 Å². The second kappa shape index (κ2) is 6.55. The normalized spacial score (nSPS) is 13.0. The summed E-state index contributed by atoms with van der Waals surface area (Å²) in [5.41, 5.74) is -1.35. The van der Waals surface area contributed by atoms with Gasteiger partial charge >= 0.3 is 12.1 Å². The zero-order chi connectivity index (χ0) is 17.4. The maximum Gasteiger partial charge on any atom is 0.417 e. The molecule has 9 heteroatoms. The highest BCUT2D eigenvalue weighted by Gasteiger charge is 2.34. The summed E-state index contributed by atoms with van der Waals surface area (Å²) in [4.78, 5) is 15.2. The molecule has 0 fully saturated rings. The minimum Gasteiger partial charge on any atom is -0.480 e. The van der Waals surface area contributed by atoms with E-state index in [4.69, 9.17) is 34.8 Å². The molecule has 122 valence electrons. The molecule has 0 aliphatic carbocycles. The van der Waals surface area contributed by atoms with Crippen LogP contribution in [0.25, 0.3) is 0 Å². The van der Waals surface area contributed by atoms with Gasteiger partial charge in [-0.05, 0) is 18.2 Å². The van der Waals surface area contributed by atoms with Crippen molar-refractivity contribution in [2.24, 2.45) is 0 Å². The lowest BCUT2D eigenvalue weighted by Gasteiger charge is -2.17. The van der Waals surface area contributed by atoms with Crippen LogP contribution in [0.1, 0.15) is 22.7 Å². The van der Waals surface area contributed by atoms with Crippen LogP contribution in [0.4, 0.5) is 13.2 Å². The monoisotopic (exact) mass is 383 g/mol. The van der Waals surface area contributed by atoms with Crippen LogP contribution in [0.2, 0.25) is 15.1 Å². The maximum atomic E-state index is 12.7. The number of hydrogen-bond donors (Lipinski definition) is 1. The maximum absolute atomic E-state index is 12.7. The molecule has 0 radical (unpaired) electrons. The van der Waals surface area contributed by atoms with Crippen LogP contribution < -0.4 is 0 Å². The van der Waals surface area contributed by atoms with Gasteiger partial charge < -0.3 is 5.11 Å². The number of aromatic nitrogens is 1. The minimum atomic E-state index is -4.64. The van der Waals surface area contributed by atoms with Crippen molar-refractivity contribution in [1.29, 1.82) is 0 Å². The minimum absolute atomic E-state index is 0.0116. The van der Waals surface area contributed by atoms with E-state index >= 15 is 0 Å². The number of nitrogens with zero attached hydrogens (tertiary/aromatic N) is 1. The van der Waals surface area contributed by atoms with Gasteiger partial charge in [0, 0.05) is 21.8 Å². The Kier molecular flexibility index (Phi) is 5.08. The number of carbonyl (C=O) groups is 1. The molecule has 1 heterocycles. The van der Waals surface area contributed by atoms with Crippen molar-refractivity contribution in [3.63, 3.8) is 0 Å². The first kappa shape index (κ1) is 17.8. The number of pyridine rings is 1. The van der Waals surface area contributed by atoms with Gasteiger partial charge in [0.2, 0.25) is 0 Å². The lowest BCUT2D eigenvalue weighted by atomic mass is 9.94. The molecule has 1 unspecified atom stereocenters. The second-order valence-electron chi connectivity index (χ2n) is 4.50. The molecular weight excluding hydrogens is 378 g/mol. The van der Waals surface area contributed by atoms with E-state index in [9.17, 15) is 23.1 Å². The van der Waals surface area contributed by atoms with Crippen LogP contribution in [0.15, 0.2) is 30.5 Å². The van der Waals surface area contributed by atoms with Crippen molar-refractivity contribution in [2.75, 3.05) is 0 Å². The number of hydrogen-bond acceptors (Lipinski definition) is 2. The molecule has 1 atom stereocenters. The summed E-state index contributed by atoms with van der Waals surface area (Å²) in [5, 5.41) is 9.09. The molecule has 0 aliphatic heterocycles. The van der Waals surface area contributed by atoms with Gasteiger partial charge in [-0.2, -0.15) is 13.2 Å². The Bertz CT molecular complexity index is 745. The van der Waals surface area contributed by atoms with E-state index in [1.165, 1.54) is 18.2 Å². The second-order valence-corrected chi connectivity index (χ2v) is 5.72. The van der Waals surface area contributed by atoms with Crippen molar-refractivity contribution in [3.05, 3.63) is 62.4 Å². The van der Waals surface area contributed by atoms with Crippen LogP contribution in [0, 0.1) is 0 Å².